The third kappa shape index (κ3) is 2.48. The number of fused-ring (bicyclic) bond motifs is 2. The molecule has 3 fully saturated rings. The fourth-order valence-corrected chi connectivity index (χ4v) is 2.71. The van der Waals surface area contributed by atoms with Crippen LogP contribution in [0.5, 0.6) is 0 Å². The van der Waals surface area contributed by atoms with Crippen molar-refractivity contribution in [2.75, 3.05) is 26.9 Å². The van der Waals surface area contributed by atoms with Crippen LogP contribution in [0.2, 0.25) is 0 Å². The van der Waals surface area contributed by atoms with Gasteiger partial charge in [-0.3, -0.25) is 0 Å². The lowest BCUT2D eigenvalue weighted by Crippen LogP contribution is -2.44. The van der Waals surface area contributed by atoms with Gasteiger partial charge in [-0.25, -0.2) is 0 Å². The molecule has 5 heteroatoms. The molecule has 0 N–H and O–H groups in total. The zero-order valence-corrected chi connectivity index (χ0v) is 10.2. The lowest BCUT2D eigenvalue weighted by molar-refractivity contribution is -0.202. The Balaban J connectivity index is 1.51. The van der Waals surface area contributed by atoms with Gasteiger partial charge in [0.05, 0.1) is 25.4 Å². The van der Waals surface area contributed by atoms with Crippen molar-refractivity contribution in [2.45, 2.75) is 50.0 Å². The Morgan fingerprint density at radius 1 is 1.24 bits per heavy atom. The lowest BCUT2D eigenvalue weighted by Gasteiger charge is -2.33. The highest BCUT2D eigenvalue weighted by atomic mass is 16.8. The first-order valence-electron chi connectivity index (χ1n) is 6.40. The maximum atomic E-state index is 5.92. The van der Waals surface area contributed by atoms with E-state index in [2.05, 4.69) is 0 Å². The molecule has 3 saturated heterocycles. The molecule has 0 amide bonds. The van der Waals surface area contributed by atoms with E-state index in [1.165, 1.54) is 0 Å². The average molecular weight is 244 g/mol. The van der Waals surface area contributed by atoms with Crippen molar-refractivity contribution in [3.8, 4) is 0 Å². The summed E-state index contributed by atoms with van der Waals surface area (Å²) < 4.78 is 28.1. The lowest BCUT2D eigenvalue weighted by atomic mass is 10.0. The van der Waals surface area contributed by atoms with E-state index >= 15 is 0 Å². The van der Waals surface area contributed by atoms with Crippen molar-refractivity contribution in [3.05, 3.63) is 0 Å². The van der Waals surface area contributed by atoms with Gasteiger partial charge in [-0.1, -0.05) is 0 Å². The van der Waals surface area contributed by atoms with Gasteiger partial charge >= 0.3 is 0 Å². The number of rotatable bonds is 4. The van der Waals surface area contributed by atoms with Gasteiger partial charge in [-0.15, -0.1) is 0 Å². The third-order valence-corrected chi connectivity index (χ3v) is 3.74. The molecule has 0 aliphatic carbocycles. The molecule has 2 bridgehead atoms. The molecule has 2 unspecified atom stereocenters. The van der Waals surface area contributed by atoms with E-state index in [4.69, 9.17) is 23.7 Å². The minimum absolute atomic E-state index is 0.0109. The van der Waals surface area contributed by atoms with Crippen LogP contribution in [0, 0.1) is 0 Å². The minimum atomic E-state index is -0.201. The third-order valence-electron chi connectivity index (χ3n) is 3.74. The summed E-state index contributed by atoms with van der Waals surface area (Å²) in [6.45, 7) is 2.14. The van der Waals surface area contributed by atoms with Crippen LogP contribution in [0.1, 0.15) is 19.3 Å². The summed E-state index contributed by atoms with van der Waals surface area (Å²) in [5.74, 6) is 0. The van der Waals surface area contributed by atoms with E-state index in [0.29, 0.717) is 13.2 Å². The predicted molar refractivity (Wildman–Crippen MR) is 58.7 cm³/mol. The van der Waals surface area contributed by atoms with E-state index in [0.717, 1.165) is 25.9 Å². The second kappa shape index (κ2) is 5.20. The second-order valence-corrected chi connectivity index (χ2v) is 4.89. The highest BCUT2D eigenvalue weighted by molar-refractivity contribution is 4.87. The number of methoxy groups -OCH3 is 1. The Morgan fingerprint density at radius 3 is 2.94 bits per heavy atom. The summed E-state index contributed by atoms with van der Waals surface area (Å²) in [6.07, 6.45) is 3.27. The normalized spacial score (nSPS) is 45.4. The highest BCUT2D eigenvalue weighted by Gasteiger charge is 2.45. The van der Waals surface area contributed by atoms with Crippen molar-refractivity contribution in [2.24, 2.45) is 0 Å². The molecule has 0 spiro atoms. The molecule has 3 aliphatic heterocycles. The fourth-order valence-electron chi connectivity index (χ4n) is 2.71. The largest absolute Gasteiger partial charge is 0.376 e. The smallest absolute Gasteiger partial charge is 0.184 e. The van der Waals surface area contributed by atoms with Crippen LogP contribution >= 0.6 is 0 Å². The van der Waals surface area contributed by atoms with Crippen LogP contribution in [0.15, 0.2) is 0 Å². The number of hydrogen-bond donors (Lipinski definition) is 0. The van der Waals surface area contributed by atoms with Crippen LogP contribution in [-0.2, 0) is 23.7 Å². The molecule has 17 heavy (non-hydrogen) atoms. The fraction of sp³-hybridized carbons (Fsp3) is 1.00. The average Bonchev–Trinajstić information content (AvgIpc) is 2.99. The van der Waals surface area contributed by atoms with Crippen molar-refractivity contribution < 1.29 is 23.7 Å². The SMILES string of the molecule is CO[C@@H]1C[C@H](OCC2CCCO2)[C@H]2COC1O2. The van der Waals surface area contributed by atoms with E-state index in [-0.39, 0.29) is 30.7 Å². The van der Waals surface area contributed by atoms with Gasteiger partial charge in [-0.05, 0) is 12.8 Å². The second-order valence-electron chi connectivity index (χ2n) is 4.89. The van der Waals surface area contributed by atoms with Gasteiger partial charge in [-0.2, -0.15) is 0 Å². The standard InChI is InChI=1S/C12H20O5/c1-13-10-5-9(11-7-16-12(10)17-11)15-6-8-3-2-4-14-8/h8-12H,2-7H2,1H3/t8?,9-,10+,11+,12?/m0/s1. The van der Waals surface area contributed by atoms with Gasteiger partial charge in [0.2, 0.25) is 0 Å². The summed E-state index contributed by atoms with van der Waals surface area (Å²) in [6, 6.07) is 0. The molecule has 0 aromatic rings. The zero-order chi connectivity index (χ0) is 11.7. The maximum absolute atomic E-state index is 5.92. The minimum Gasteiger partial charge on any atom is -0.376 e. The molecule has 5 nitrogen and oxygen atoms in total. The Kier molecular flexibility index (Phi) is 3.63. The van der Waals surface area contributed by atoms with Crippen molar-refractivity contribution in [3.63, 3.8) is 0 Å². The number of ether oxygens (including phenoxy) is 5. The highest BCUT2D eigenvalue weighted by Crippen LogP contribution is 2.31. The summed E-state index contributed by atoms with van der Waals surface area (Å²) in [5.41, 5.74) is 0. The predicted octanol–water partition coefficient (Wildman–Crippen LogP) is 0.711. The van der Waals surface area contributed by atoms with Gasteiger partial charge in [0.1, 0.15) is 12.2 Å². The van der Waals surface area contributed by atoms with Gasteiger partial charge < -0.3 is 23.7 Å². The Labute approximate surface area is 101 Å². The zero-order valence-electron chi connectivity index (χ0n) is 10.2. The van der Waals surface area contributed by atoms with Crippen molar-refractivity contribution >= 4 is 0 Å². The van der Waals surface area contributed by atoms with E-state index in [9.17, 15) is 0 Å². The summed E-state index contributed by atoms with van der Waals surface area (Å²) in [5, 5.41) is 0. The van der Waals surface area contributed by atoms with Crippen LogP contribution < -0.4 is 0 Å². The van der Waals surface area contributed by atoms with E-state index in [1.54, 1.807) is 7.11 Å². The Bertz CT molecular complexity index is 253. The van der Waals surface area contributed by atoms with Gasteiger partial charge in [0.15, 0.2) is 6.29 Å². The van der Waals surface area contributed by atoms with Crippen molar-refractivity contribution in [1.82, 2.24) is 0 Å². The molecular weight excluding hydrogens is 224 g/mol. The van der Waals surface area contributed by atoms with E-state index < -0.39 is 0 Å². The molecule has 0 radical (unpaired) electrons. The van der Waals surface area contributed by atoms with E-state index in [1.807, 2.05) is 0 Å². The quantitative estimate of drug-likeness (QED) is 0.729. The summed E-state index contributed by atoms with van der Waals surface area (Å²) in [4.78, 5) is 0. The van der Waals surface area contributed by atoms with Crippen LogP contribution in [0.3, 0.4) is 0 Å². The Hall–Kier alpha value is -0.200. The first kappa shape index (κ1) is 11.9. The van der Waals surface area contributed by atoms with Gasteiger partial charge in [0, 0.05) is 20.1 Å². The molecule has 0 aromatic carbocycles. The molecule has 0 aromatic heterocycles. The summed E-state index contributed by atoms with van der Waals surface area (Å²) in [7, 11) is 1.69. The molecule has 5 atom stereocenters. The Morgan fingerprint density at radius 2 is 2.18 bits per heavy atom. The van der Waals surface area contributed by atoms with Crippen LogP contribution in [0.4, 0.5) is 0 Å². The van der Waals surface area contributed by atoms with Crippen molar-refractivity contribution in [1.29, 1.82) is 0 Å². The molecule has 3 rings (SSSR count). The molecule has 3 heterocycles. The number of hydrogen-bond acceptors (Lipinski definition) is 5. The molecule has 3 aliphatic rings. The van der Waals surface area contributed by atoms with Crippen LogP contribution in [-0.4, -0.2) is 57.6 Å². The monoisotopic (exact) mass is 244 g/mol. The van der Waals surface area contributed by atoms with Crippen LogP contribution in [0.25, 0.3) is 0 Å². The maximum Gasteiger partial charge on any atom is 0.184 e. The van der Waals surface area contributed by atoms with Gasteiger partial charge in [0.25, 0.3) is 0 Å². The first-order chi connectivity index (χ1) is 8.36. The molecular formula is C12H20O5. The molecule has 0 saturated carbocycles. The summed E-state index contributed by atoms with van der Waals surface area (Å²) >= 11 is 0. The topological polar surface area (TPSA) is 46.2 Å². The first-order valence-corrected chi connectivity index (χ1v) is 6.40. The molecule has 98 valence electrons.